The number of nitrogens with one attached hydrogen (secondary N) is 2. The molecule has 1 amide bonds. The molecule has 40 heavy (non-hydrogen) atoms. The van der Waals surface area contributed by atoms with E-state index in [1.54, 1.807) is 40.9 Å². The number of amides is 1. The smallest absolute Gasteiger partial charge is 0.257 e. The first-order chi connectivity index (χ1) is 19.1. The highest BCUT2D eigenvalue weighted by molar-refractivity contribution is 6.14. The summed E-state index contributed by atoms with van der Waals surface area (Å²) >= 11 is 0. The Hall–Kier alpha value is -4.38. The number of benzene rings is 2. The molecule has 206 valence electrons. The van der Waals surface area contributed by atoms with Gasteiger partial charge in [-0.2, -0.15) is 10.2 Å². The Morgan fingerprint density at radius 3 is 2.52 bits per heavy atom. The van der Waals surface area contributed by atoms with Crippen LogP contribution in [-0.2, 0) is 14.1 Å². The zero-order chi connectivity index (χ0) is 28.3. The molecular formula is C29H32FN9O. The summed E-state index contributed by atoms with van der Waals surface area (Å²) in [6, 6.07) is 7.36. The molecule has 2 atom stereocenters. The summed E-state index contributed by atoms with van der Waals surface area (Å²) in [5.41, 5.74) is 5.08. The van der Waals surface area contributed by atoms with Gasteiger partial charge in [-0.25, -0.2) is 14.4 Å². The molecule has 1 aliphatic rings. The van der Waals surface area contributed by atoms with Crippen molar-refractivity contribution in [3.05, 3.63) is 59.4 Å². The normalized spacial score (nSPS) is 17.6. The number of hydrogen-bond acceptors (Lipinski definition) is 7. The standard InChI is InChI=1S/C29H32FN9O/c1-15-12-39(13-16(2)32-15)24-8-7-21(29(40)33-20-9-19-14-37(5)36-26(19)23(30)10-20)27-22(24)11-31-28(34-27)25-17(3)35-38(6)18(25)4/h7-11,14-16,32H,12-13H2,1-6H3,(H,33,40). The third-order valence-electron chi connectivity index (χ3n) is 7.54. The second-order valence-electron chi connectivity index (χ2n) is 10.8. The molecule has 0 aliphatic carbocycles. The van der Waals surface area contributed by atoms with Gasteiger partial charge in [-0.1, -0.05) is 0 Å². The van der Waals surface area contributed by atoms with Crippen LogP contribution in [0.25, 0.3) is 33.2 Å². The van der Waals surface area contributed by atoms with Crippen LogP contribution in [0.3, 0.4) is 0 Å². The molecule has 1 saturated heterocycles. The molecule has 2 unspecified atom stereocenters. The van der Waals surface area contributed by atoms with Crippen molar-refractivity contribution in [3.63, 3.8) is 0 Å². The van der Waals surface area contributed by atoms with Crippen molar-refractivity contribution in [1.29, 1.82) is 0 Å². The molecule has 0 spiro atoms. The number of anilines is 2. The first-order valence-corrected chi connectivity index (χ1v) is 13.3. The van der Waals surface area contributed by atoms with E-state index in [-0.39, 0.29) is 11.4 Å². The van der Waals surface area contributed by atoms with Crippen LogP contribution in [-0.4, -0.2) is 60.6 Å². The first-order valence-electron chi connectivity index (χ1n) is 13.3. The van der Waals surface area contributed by atoms with E-state index in [0.29, 0.717) is 40.1 Å². The van der Waals surface area contributed by atoms with Crippen molar-refractivity contribution in [2.75, 3.05) is 23.3 Å². The predicted molar refractivity (Wildman–Crippen MR) is 154 cm³/mol. The summed E-state index contributed by atoms with van der Waals surface area (Å²) < 4.78 is 18.1. The van der Waals surface area contributed by atoms with Crippen LogP contribution in [0.2, 0.25) is 0 Å². The minimum atomic E-state index is -0.498. The number of carbonyl (C=O) groups is 1. The predicted octanol–water partition coefficient (Wildman–Crippen LogP) is 4.11. The number of aryl methyl sites for hydroxylation is 3. The van der Waals surface area contributed by atoms with Gasteiger partial charge in [0.15, 0.2) is 11.6 Å². The Balaban J connectivity index is 1.47. The third-order valence-corrected chi connectivity index (χ3v) is 7.54. The molecule has 1 fully saturated rings. The number of rotatable bonds is 4. The highest BCUT2D eigenvalue weighted by Crippen LogP contribution is 2.33. The van der Waals surface area contributed by atoms with Crippen LogP contribution < -0.4 is 15.5 Å². The van der Waals surface area contributed by atoms with Crippen LogP contribution in [0.15, 0.2) is 36.7 Å². The van der Waals surface area contributed by atoms with E-state index in [1.807, 2.05) is 27.0 Å². The third kappa shape index (κ3) is 4.45. The lowest BCUT2D eigenvalue weighted by Gasteiger charge is -2.38. The second kappa shape index (κ2) is 9.67. The quantitative estimate of drug-likeness (QED) is 0.353. The van der Waals surface area contributed by atoms with Crippen LogP contribution in [0.4, 0.5) is 15.8 Å². The Morgan fingerprint density at radius 1 is 1.07 bits per heavy atom. The molecule has 0 saturated carbocycles. The van der Waals surface area contributed by atoms with E-state index in [9.17, 15) is 9.18 Å². The maximum Gasteiger partial charge on any atom is 0.257 e. The average molecular weight is 542 g/mol. The lowest BCUT2D eigenvalue weighted by Crippen LogP contribution is -2.54. The molecule has 6 rings (SSSR count). The van der Waals surface area contributed by atoms with Gasteiger partial charge in [0.2, 0.25) is 0 Å². The summed E-state index contributed by atoms with van der Waals surface area (Å²) in [6.45, 7) is 9.85. The van der Waals surface area contributed by atoms with Gasteiger partial charge in [-0.15, -0.1) is 0 Å². The zero-order valence-corrected chi connectivity index (χ0v) is 23.4. The van der Waals surface area contributed by atoms with E-state index in [0.717, 1.165) is 41.1 Å². The van der Waals surface area contributed by atoms with Gasteiger partial charge in [0.1, 0.15) is 5.52 Å². The number of halogens is 1. The van der Waals surface area contributed by atoms with Crippen molar-refractivity contribution in [2.45, 2.75) is 39.8 Å². The molecule has 0 bridgehead atoms. The van der Waals surface area contributed by atoms with Crippen LogP contribution >= 0.6 is 0 Å². The van der Waals surface area contributed by atoms with Crippen LogP contribution in [0.5, 0.6) is 0 Å². The molecule has 11 heteroatoms. The summed E-state index contributed by atoms with van der Waals surface area (Å²) in [6.07, 6.45) is 3.51. The van der Waals surface area contributed by atoms with Gasteiger partial charge in [0.05, 0.1) is 22.3 Å². The fraction of sp³-hybridized carbons (Fsp3) is 0.345. The minimum absolute atomic E-state index is 0.259. The number of piperazine rings is 1. The van der Waals surface area contributed by atoms with E-state index in [1.165, 1.54) is 6.07 Å². The largest absolute Gasteiger partial charge is 0.368 e. The summed E-state index contributed by atoms with van der Waals surface area (Å²) in [5, 5.41) is 16.5. The number of nitrogens with zero attached hydrogens (tertiary/aromatic N) is 7. The van der Waals surface area contributed by atoms with Crippen molar-refractivity contribution in [3.8, 4) is 11.4 Å². The Bertz CT molecular complexity index is 1780. The Kier molecular flexibility index (Phi) is 6.25. The first kappa shape index (κ1) is 25.9. The molecule has 0 radical (unpaired) electrons. The van der Waals surface area contributed by atoms with E-state index in [4.69, 9.17) is 9.97 Å². The van der Waals surface area contributed by atoms with Crippen molar-refractivity contribution >= 4 is 39.1 Å². The molecule has 5 aromatic rings. The fourth-order valence-corrected chi connectivity index (χ4v) is 5.79. The van der Waals surface area contributed by atoms with Crippen LogP contribution in [0.1, 0.15) is 35.6 Å². The average Bonchev–Trinajstić information content (AvgIpc) is 3.39. The number of fused-ring (bicyclic) bond motifs is 2. The highest BCUT2D eigenvalue weighted by atomic mass is 19.1. The van der Waals surface area contributed by atoms with Gasteiger partial charge in [-0.3, -0.25) is 14.2 Å². The Labute approximate surface area is 231 Å². The lowest BCUT2D eigenvalue weighted by molar-refractivity contribution is 0.102. The molecule has 10 nitrogen and oxygen atoms in total. The second-order valence-corrected chi connectivity index (χ2v) is 10.8. The molecule has 3 aromatic heterocycles. The van der Waals surface area contributed by atoms with Gasteiger partial charge in [-0.05, 0) is 52.0 Å². The number of carbonyl (C=O) groups excluding carboxylic acids is 1. The molecule has 1 aliphatic heterocycles. The van der Waals surface area contributed by atoms with Gasteiger partial charge < -0.3 is 15.5 Å². The molecule has 2 aromatic carbocycles. The number of hydrogen-bond donors (Lipinski definition) is 2. The monoisotopic (exact) mass is 541 g/mol. The van der Waals surface area contributed by atoms with Gasteiger partial charge >= 0.3 is 0 Å². The Morgan fingerprint density at radius 2 is 1.82 bits per heavy atom. The maximum atomic E-state index is 14.7. The van der Waals surface area contributed by atoms with Crippen molar-refractivity contribution < 1.29 is 9.18 Å². The minimum Gasteiger partial charge on any atom is -0.368 e. The number of aromatic nitrogens is 6. The summed E-state index contributed by atoms with van der Waals surface area (Å²) in [5.74, 6) is -0.375. The maximum absolute atomic E-state index is 14.7. The van der Waals surface area contributed by atoms with E-state index < -0.39 is 5.82 Å². The van der Waals surface area contributed by atoms with Gasteiger partial charge in [0, 0.05) is 79.5 Å². The van der Waals surface area contributed by atoms with E-state index >= 15 is 0 Å². The lowest BCUT2D eigenvalue weighted by atomic mass is 10.0. The van der Waals surface area contributed by atoms with Crippen LogP contribution in [0, 0.1) is 19.7 Å². The molecular weight excluding hydrogens is 509 g/mol. The zero-order valence-electron chi connectivity index (χ0n) is 23.4. The highest BCUT2D eigenvalue weighted by Gasteiger charge is 2.25. The molecule has 2 N–H and O–H groups in total. The summed E-state index contributed by atoms with van der Waals surface area (Å²) in [7, 11) is 3.61. The molecule has 4 heterocycles. The van der Waals surface area contributed by atoms with Crippen molar-refractivity contribution in [1.82, 2.24) is 34.8 Å². The van der Waals surface area contributed by atoms with Gasteiger partial charge in [0.25, 0.3) is 5.91 Å². The SMILES string of the molecule is Cc1nn(C)c(C)c1-c1ncc2c(N3CC(C)NC(C)C3)ccc(C(=O)Nc3cc(F)c4nn(C)cc4c3)c2n1. The van der Waals surface area contributed by atoms with E-state index in [2.05, 4.69) is 39.6 Å². The summed E-state index contributed by atoms with van der Waals surface area (Å²) in [4.78, 5) is 25.7. The topological polar surface area (TPSA) is 106 Å². The fourth-order valence-electron chi connectivity index (χ4n) is 5.79. The van der Waals surface area contributed by atoms with Crippen molar-refractivity contribution in [2.24, 2.45) is 14.1 Å².